The zero-order valence-corrected chi connectivity index (χ0v) is 2.67. The van der Waals surface area contributed by atoms with Gasteiger partial charge >= 0.3 is 0 Å². The van der Waals surface area contributed by atoms with Gasteiger partial charge in [0.1, 0.15) is 0 Å². The number of hydrogen-bond donors (Lipinski definition) is 1. The third-order valence-electron chi connectivity index (χ3n) is 0.129. The van der Waals surface area contributed by atoms with Gasteiger partial charge in [0.2, 0.25) is 0 Å². The van der Waals surface area contributed by atoms with Gasteiger partial charge in [-0.05, 0) is 0 Å². The first-order valence-electron chi connectivity index (χ1n) is 1.01. The summed E-state index contributed by atoms with van der Waals surface area (Å²) in [5.41, 5.74) is 0. The molecular formula is C2HO4-. The van der Waals surface area contributed by atoms with Crippen molar-refractivity contribution in [1.82, 2.24) is 0 Å². The summed E-state index contributed by atoms with van der Waals surface area (Å²) in [5, 5.41) is 16.1. The maximum Gasteiger partial charge on any atom is 0.200 e. The van der Waals surface area contributed by atoms with Gasteiger partial charge in [0.15, 0.2) is 12.2 Å². The molecule has 0 aliphatic rings. The molecule has 4 heteroatoms. The van der Waals surface area contributed by atoms with E-state index in [-0.39, 0.29) is 0 Å². The van der Waals surface area contributed by atoms with Crippen LogP contribution in [0.3, 0.4) is 0 Å². The zero-order chi connectivity index (χ0) is 4.83. The van der Waals surface area contributed by atoms with E-state index < -0.39 is 0 Å². The van der Waals surface area contributed by atoms with Crippen molar-refractivity contribution in [3.05, 3.63) is 0 Å². The molecule has 4 nitrogen and oxygen atoms in total. The zero-order valence-electron chi connectivity index (χ0n) is 2.67. The summed E-state index contributed by atoms with van der Waals surface area (Å²) in [6, 6.07) is 0. The summed E-state index contributed by atoms with van der Waals surface area (Å²) in [6.07, 6.45) is 2.89. The summed E-state index contributed by atoms with van der Waals surface area (Å²) >= 11 is 0. The van der Waals surface area contributed by atoms with Gasteiger partial charge in [-0.15, -0.1) is 0 Å². The van der Waals surface area contributed by atoms with E-state index in [1.165, 1.54) is 12.2 Å². The van der Waals surface area contributed by atoms with E-state index in [1.54, 1.807) is 0 Å². The van der Waals surface area contributed by atoms with Crippen LogP contribution < -0.4 is 5.26 Å². The smallest absolute Gasteiger partial charge is 0.200 e. The second kappa shape index (κ2) is 4.08. The van der Waals surface area contributed by atoms with Gasteiger partial charge in [0.25, 0.3) is 0 Å². The van der Waals surface area contributed by atoms with Crippen molar-refractivity contribution >= 4 is 0 Å². The highest BCUT2D eigenvalue weighted by atomic mass is 17.1. The molecule has 0 saturated carbocycles. The Morgan fingerprint density at radius 2 is 2.17 bits per heavy atom. The Kier molecular flexibility index (Phi) is 3.45. The lowest BCUT2D eigenvalue weighted by molar-refractivity contribution is -0.658. The minimum absolute atomic E-state index is 1.42. The molecule has 0 aromatic rings. The number of rotatable bonds is 0. The summed E-state index contributed by atoms with van der Waals surface area (Å²) in [6.45, 7) is 0. The lowest BCUT2D eigenvalue weighted by Gasteiger charge is -1.88. The fourth-order valence-electron chi connectivity index (χ4n) is 0.0356. The van der Waals surface area contributed by atoms with Crippen LogP contribution in [0.4, 0.5) is 0 Å². The highest BCUT2D eigenvalue weighted by molar-refractivity contribution is 4.76. The van der Waals surface area contributed by atoms with Crippen LogP contribution in [-0.2, 0) is 9.78 Å². The normalized spacial score (nSPS) is 5.00. The first-order chi connectivity index (χ1) is 2.91. The van der Waals surface area contributed by atoms with Crippen molar-refractivity contribution in [2.75, 3.05) is 0 Å². The molecule has 1 N–H and O–H groups in total. The first-order valence-corrected chi connectivity index (χ1v) is 1.01. The molecule has 0 bridgehead atoms. The second-order valence-electron chi connectivity index (χ2n) is 0.379. The molecule has 0 aromatic carbocycles. The van der Waals surface area contributed by atoms with E-state index >= 15 is 0 Å². The summed E-state index contributed by atoms with van der Waals surface area (Å²) in [7, 11) is 0. The molecule has 0 fully saturated rings. The van der Waals surface area contributed by atoms with Crippen molar-refractivity contribution in [3.63, 3.8) is 0 Å². The number of hydrogen-bond acceptors (Lipinski definition) is 4. The van der Waals surface area contributed by atoms with Gasteiger partial charge < -0.3 is 10.1 Å². The van der Waals surface area contributed by atoms with Crippen LogP contribution in [-0.4, -0.2) is 5.26 Å². The molecule has 0 radical (unpaired) electrons. The largest absolute Gasteiger partial charge is 0.653 e. The predicted molar refractivity (Wildman–Crippen MR) is 12.6 cm³/mol. The van der Waals surface area contributed by atoms with E-state index in [9.17, 15) is 0 Å². The monoisotopic (exact) mass is 89.0 g/mol. The fraction of sp³-hybridized carbons (Fsp3) is 0. The van der Waals surface area contributed by atoms with Crippen molar-refractivity contribution < 1.29 is 20.3 Å². The van der Waals surface area contributed by atoms with E-state index in [2.05, 4.69) is 9.78 Å². The topological polar surface area (TPSA) is 61.8 Å². The molecule has 0 aliphatic carbocycles. The Balaban J connectivity index is 2.90. The van der Waals surface area contributed by atoms with Gasteiger partial charge in [0.05, 0.1) is 0 Å². The third kappa shape index (κ3) is 3.08. The van der Waals surface area contributed by atoms with Gasteiger partial charge in [-0.1, -0.05) is 0 Å². The average Bonchev–Trinajstić information content (AvgIpc) is 1.61. The maximum absolute atomic E-state index is 8.82. The quantitative estimate of drug-likeness (QED) is 0.227. The minimum atomic E-state index is 1.42. The Morgan fingerprint density at radius 1 is 1.50 bits per heavy atom. The molecule has 0 aromatic heterocycles. The Labute approximate surface area is 33.8 Å². The molecule has 0 saturated heterocycles. The molecule has 6 heavy (non-hydrogen) atoms. The van der Waals surface area contributed by atoms with Gasteiger partial charge in [-0.2, -0.15) is 5.26 Å². The Bertz CT molecular complexity index is 59.4. The minimum Gasteiger partial charge on any atom is -0.653 e. The highest BCUT2D eigenvalue weighted by Gasteiger charge is 1.51. The fourth-order valence-corrected chi connectivity index (χ4v) is 0.0356. The summed E-state index contributed by atoms with van der Waals surface area (Å²) in [4.78, 5) is 5.98. The van der Waals surface area contributed by atoms with Crippen molar-refractivity contribution in [1.29, 1.82) is 0 Å². The Morgan fingerprint density at radius 3 is 2.33 bits per heavy atom. The SMILES string of the molecule is [O-]OC#COO. The molecule has 0 spiro atoms. The lowest BCUT2D eigenvalue weighted by Crippen LogP contribution is -1.96. The van der Waals surface area contributed by atoms with Crippen molar-refractivity contribution in [3.8, 4) is 12.2 Å². The van der Waals surface area contributed by atoms with Crippen LogP contribution in [0.5, 0.6) is 0 Å². The summed E-state index contributed by atoms with van der Waals surface area (Å²) < 4.78 is 0. The van der Waals surface area contributed by atoms with Gasteiger partial charge in [-0.25, -0.2) is 0 Å². The van der Waals surface area contributed by atoms with E-state index in [1.807, 2.05) is 0 Å². The van der Waals surface area contributed by atoms with Crippen LogP contribution >= 0.6 is 0 Å². The molecule has 0 atom stereocenters. The average molecular weight is 89.0 g/mol. The van der Waals surface area contributed by atoms with Gasteiger partial charge in [-0.3, -0.25) is 4.89 Å². The first kappa shape index (κ1) is 5.08. The van der Waals surface area contributed by atoms with Crippen LogP contribution in [0.15, 0.2) is 0 Å². The third-order valence-corrected chi connectivity index (χ3v) is 0.129. The van der Waals surface area contributed by atoms with E-state index in [4.69, 9.17) is 10.5 Å². The molecule has 34 valence electrons. The Hall–Kier alpha value is -0.920. The predicted octanol–water partition coefficient (Wildman–Crippen LogP) is -1.31. The van der Waals surface area contributed by atoms with E-state index in [0.29, 0.717) is 0 Å². The summed E-state index contributed by atoms with van der Waals surface area (Å²) in [5.74, 6) is 0. The maximum atomic E-state index is 8.82. The van der Waals surface area contributed by atoms with Gasteiger partial charge in [0, 0.05) is 0 Å². The van der Waals surface area contributed by atoms with Crippen LogP contribution in [0.1, 0.15) is 0 Å². The molecule has 0 aliphatic heterocycles. The molecule has 0 heterocycles. The highest BCUT2D eigenvalue weighted by Crippen LogP contribution is 1.50. The van der Waals surface area contributed by atoms with Crippen LogP contribution in [0, 0.1) is 12.2 Å². The van der Waals surface area contributed by atoms with Crippen molar-refractivity contribution in [2.45, 2.75) is 0 Å². The van der Waals surface area contributed by atoms with Crippen LogP contribution in [0.25, 0.3) is 0 Å². The second-order valence-corrected chi connectivity index (χ2v) is 0.379. The van der Waals surface area contributed by atoms with Crippen LogP contribution in [0.2, 0.25) is 0 Å². The molecule has 0 amide bonds. The molecular weight excluding hydrogens is 88.0 g/mol. The van der Waals surface area contributed by atoms with E-state index in [0.717, 1.165) is 0 Å². The molecule has 0 unspecified atom stereocenters. The molecule has 0 rings (SSSR count). The lowest BCUT2D eigenvalue weighted by atomic mass is 11.2. The standard InChI is InChI=1S/C2H2O4/c3-5-1-2-6-4/h3-4H/p-1. The van der Waals surface area contributed by atoms with Crippen molar-refractivity contribution in [2.24, 2.45) is 0 Å².